The van der Waals surface area contributed by atoms with Gasteiger partial charge < -0.3 is 49.8 Å². The van der Waals surface area contributed by atoms with E-state index in [0.29, 0.717) is 61.4 Å². The Morgan fingerprint density at radius 3 is 2.41 bits per heavy atom. The molecule has 7 rings (SSSR count). The standard InChI is InChI=1S/C30H35BrN4O7.C6H9NO2/c31-22-17-19(8-9-25(22)36)18-26(27(37)35-13-4-3-7-24(35)28(38)39)42-30(41)33-14-11-21(12-15-33)34-16-10-20-5-1-2-6-23(20)32-29(34)40;8-6(9)5-3-4-1-2-7(4)5/h1-2,5-6,8-9,17,21,24,26,36H,3-4,7,10-16,18H2,(H,32,40)(H,38,39);4-5H,1-3H2,(H,8,9)/t24?,26-;/m1./s1. The lowest BCUT2D eigenvalue weighted by molar-refractivity contribution is -1.02. The summed E-state index contributed by atoms with van der Waals surface area (Å²) in [6.07, 6.45) is 3.68. The molecule has 4 N–H and O–H groups in total. The van der Waals surface area contributed by atoms with Crippen molar-refractivity contribution in [2.75, 3.05) is 38.0 Å². The number of hydrogen-bond acceptors (Lipinski definition) is 8. The number of amides is 4. The molecule has 5 aliphatic heterocycles. The number of benzene rings is 2. The van der Waals surface area contributed by atoms with Crippen LogP contribution in [-0.4, -0.2) is 118 Å². The average molecular weight is 771 g/mol. The minimum absolute atomic E-state index is 0.00466. The molecule has 4 fully saturated rings. The molecule has 4 unspecified atom stereocenters. The first-order chi connectivity index (χ1) is 24.5. The van der Waals surface area contributed by atoms with E-state index < -0.39 is 36.1 Å². The molecular weight excluding hydrogens is 726 g/mol. The van der Waals surface area contributed by atoms with Crippen LogP contribution in [0.4, 0.5) is 15.3 Å². The largest absolute Gasteiger partial charge is 0.548 e. The van der Waals surface area contributed by atoms with Gasteiger partial charge in [0.1, 0.15) is 5.75 Å². The third-order valence-corrected chi connectivity index (χ3v) is 11.5. The summed E-state index contributed by atoms with van der Waals surface area (Å²) >= 11 is 3.27. The first-order valence-electron chi connectivity index (χ1n) is 17.7. The SMILES string of the molecule is O=C(O)C1CC2CC[NH+]21.O=C([O-])C1CCCCN1C(=O)[C@@H](Cc1ccc(O)c(Br)c1)OC(=O)N1CCC(N2CCc3ccccc3NC2=O)CC1. The van der Waals surface area contributed by atoms with E-state index >= 15 is 0 Å². The summed E-state index contributed by atoms with van der Waals surface area (Å²) in [7, 11) is 0. The summed E-state index contributed by atoms with van der Waals surface area (Å²) in [4.78, 5) is 68.0. The highest BCUT2D eigenvalue weighted by molar-refractivity contribution is 9.10. The third kappa shape index (κ3) is 8.25. The maximum Gasteiger partial charge on any atom is 0.410 e. The molecule has 51 heavy (non-hydrogen) atoms. The van der Waals surface area contributed by atoms with Crippen molar-refractivity contribution in [1.82, 2.24) is 14.7 Å². The van der Waals surface area contributed by atoms with Crippen LogP contribution in [-0.2, 0) is 32.0 Å². The summed E-state index contributed by atoms with van der Waals surface area (Å²) in [5, 5.41) is 33.2. The van der Waals surface area contributed by atoms with Crippen LogP contribution < -0.4 is 15.3 Å². The van der Waals surface area contributed by atoms with Crippen molar-refractivity contribution in [3.8, 4) is 5.75 Å². The van der Waals surface area contributed by atoms with E-state index in [4.69, 9.17) is 9.84 Å². The number of fused-ring (bicyclic) bond motifs is 2. The van der Waals surface area contributed by atoms with Crippen molar-refractivity contribution in [2.24, 2.45) is 0 Å². The zero-order valence-electron chi connectivity index (χ0n) is 28.3. The van der Waals surface area contributed by atoms with Crippen LogP contribution in [0.25, 0.3) is 0 Å². The second-order valence-corrected chi connectivity index (χ2v) is 14.8. The van der Waals surface area contributed by atoms with Crippen molar-refractivity contribution in [1.29, 1.82) is 0 Å². The van der Waals surface area contributed by atoms with Crippen LogP contribution >= 0.6 is 15.9 Å². The van der Waals surface area contributed by atoms with Crippen LogP contribution in [0, 0.1) is 0 Å². The molecule has 0 saturated carbocycles. The fourth-order valence-corrected chi connectivity index (χ4v) is 8.19. The highest BCUT2D eigenvalue weighted by atomic mass is 79.9. The van der Waals surface area contributed by atoms with Crippen LogP contribution in [0.2, 0.25) is 0 Å². The number of aromatic hydroxyl groups is 1. The number of urea groups is 1. The van der Waals surface area contributed by atoms with E-state index in [2.05, 4.69) is 21.2 Å². The number of carboxylic acids is 2. The second-order valence-electron chi connectivity index (χ2n) is 13.9. The maximum absolute atomic E-state index is 13.6. The summed E-state index contributed by atoms with van der Waals surface area (Å²) in [6, 6.07) is 11.8. The molecule has 14 nitrogen and oxygen atoms in total. The van der Waals surface area contributed by atoms with E-state index in [-0.39, 0.29) is 43.3 Å². The Balaban J connectivity index is 0.000000428. The zero-order chi connectivity index (χ0) is 36.2. The van der Waals surface area contributed by atoms with Gasteiger partial charge in [0.25, 0.3) is 5.91 Å². The van der Waals surface area contributed by atoms with Gasteiger partial charge in [-0.1, -0.05) is 24.3 Å². The Morgan fingerprint density at radius 2 is 1.78 bits per heavy atom. The quantitative estimate of drug-likeness (QED) is 0.323. The number of phenols is 1. The van der Waals surface area contributed by atoms with Gasteiger partial charge in [-0.25, -0.2) is 14.4 Å². The van der Waals surface area contributed by atoms with E-state index in [0.717, 1.165) is 30.6 Å². The minimum Gasteiger partial charge on any atom is -0.548 e. The van der Waals surface area contributed by atoms with Crippen molar-refractivity contribution >= 4 is 51.6 Å². The van der Waals surface area contributed by atoms with Crippen molar-refractivity contribution in [3.63, 3.8) is 0 Å². The lowest BCUT2D eigenvalue weighted by atomic mass is 9.83. The number of rotatable bonds is 7. The zero-order valence-corrected chi connectivity index (χ0v) is 29.9. The first kappa shape index (κ1) is 36.4. The van der Waals surface area contributed by atoms with Crippen molar-refractivity contribution in [3.05, 3.63) is 58.1 Å². The molecular formula is C36H44BrN5O9. The number of likely N-dealkylation sites (tertiary alicyclic amines) is 2. The number of nitrogens with zero attached hydrogens (tertiary/aromatic N) is 3. The Morgan fingerprint density at radius 1 is 1.02 bits per heavy atom. The number of quaternary nitrogens is 1. The number of halogens is 1. The molecule has 5 atom stereocenters. The first-order valence-corrected chi connectivity index (χ1v) is 18.5. The summed E-state index contributed by atoms with van der Waals surface area (Å²) < 4.78 is 6.21. The third-order valence-electron chi connectivity index (χ3n) is 10.9. The van der Waals surface area contributed by atoms with Gasteiger partial charge in [0.15, 0.2) is 12.1 Å². The Bertz CT molecular complexity index is 1650. The van der Waals surface area contributed by atoms with Gasteiger partial charge in [-0.2, -0.15) is 0 Å². The monoisotopic (exact) mass is 769 g/mol. The number of nitrogens with one attached hydrogen (secondary N) is 2. The predicted molar refractivity (Wildman–Crippen MR) is 185 cm³/mol. The van der Waals surface area contributed by atoms with Crippen LogP contribution in [0.1, 0.15) is 56.1 Å². The summed E-state index contributed by atoms with van der Waals surface area (Å²) in [6.45, 7) is 2.58. The Kier molecular flexibility index (Phi) is 11.3. The number of phenolic OH excluding ortho intramolecular Hbond substituents is 1. The van der Waals surface area contributed by atoms with Gasteiger partial charge in [-0.05, 0) is 83.8 Å². The van der Waals surface area contributed by atoms with Crippen molar-refractivity contribution < 1.29 is 48.9 Å². The van der Waals surface area contributed by atoms with Crippen LogP contribution in [0.3, 0.4) is 0 Å². The molecule has 2 aromatic carbocycles. The van der Waals surface area contributed by atoms with Crippen LogP contribution in [0.5, 0.6) is 5.75 Å². The molecule has 0 bridgehead atoms. The van der Waals surface area contributed by atoms with E-state index in [1.54, 1.807) is 12.1 Å². The number of carbonyl (C=O) groups excluding carboxylic acids is 4. The molecule has 4 saturated heterocycles. The van der Waals surface area contributed by atoms with Gasteiger partial charge in [-0.3, -0.25) is 4.79 Å². The number of ether oxygens (including phenoxy) is 1. The minimum atomic E-state index is -1.33. The Hall–Kier alpha value is -4.37. The number of aliphatic carboxylic acids is 2. The maximum atomic E-state index is 13.6. The normalized spacial score (nSPS) is 24.9. The number of piperidine rings is 3. The summed E-state index contributed by atoms with van der Waals surface area (Å²) in [5.74, 6) is -2.50. The molecule has 0 spiro atoms. The molecule has 5 aliphatic rings. The van der Waals surface area contributed by atoms with Gasteiger partial charge in [0.2, 0.25) is 0 Å². The Labute approximate surface area is 304 Å². The van der Waals surface area contributed by atoms with Gasteiger partial charge >= 0.3 is 18.1 Å². The van der Waals surface area contributed by atoms with Crippen molar-refractivity contribution in [2.45, 2.75) is 88.1 Å². The average Bonchev–Trinajstić information content (AvgIpc) is 3.28. The molecule has 15 heteroatoms. The molecule has 0 aromatic heterocycles. The number of carboxylic acid groups (broad SMARTS) is 2. The highest BCUT2D eigenvalue weighted by Crippen LogP contribution is 2.28. The molecule has 5 heterocycles. The molecule has 274 valence electrons. The summed E-state index contributed by atoms with van der Waals surface area (Å²) in [5.41, 5.74) is 2.53. The fourth-order valence-electron chi connectivity index (χ4n) is 7.77. The lowest BCUT2D eigenvalue weighted by Gasteiger charge is -2.49. The van der Waals surface area contributed by atoms with Crippen LogP contribution in [0.15, 0.2) is 46.9 Å². The fraction of sp³-hybridized carbons (Fsp3) is 0.528. The number of anilines is 1. The predicted octanol–water partition coefficient (Wildman–Crippen LogP) is 1.39. The van der Waals surface area contributed by atoms with E-state index in [9.17, 15) is 34.2 Å². The smallest absolute Gasteiger partial charge is 0.410 e. The second kappa shape index (κ2) is 15.9. The number of carbonyl (C=O) groups is 5. The van der Waals surface area contributed by atoms with Gasteiger partial charge in [-0.15, -0.1) is 0 Å². The molecule has 2 aromatic rings. The number of para-hydroxylation sites is 1. The van der Waals surface area contributed by atoms with E-state index in [1.165, 1.54) is 27.2 Å². The molecule has 0 aliphatic carbocycles. The molecule has 4 amide bonds. The number of hydrogen-bond donors (Lipinski definition) is 4. The topological polar surface area (TPSA) is 184 Å². The highest BCUT2D eigenvalue weighted by Gasteiger charge is 2.53. The van der Waals surface area contributed by atoms with E-state index in [1.807, 2.05) is 29.2 Å². The molecule has 0 radical (unpaired) electrons. The van der Waals surface area contributed by atoms with Gasteiger partial charge in [0, 0.05) is 50.7 Å². The van der Waals surface area contributed by atoms with Gasteiger partial charge in [0.05, 0.1) is 35.5 Å². The lowest BCUT2D eigenvalue weighted by Crippen LogP contribution is -3.32.